The molecule has 3 nitrogen and oxygen atoms in total. The number of hydrogen-bond donors (Lipinski definition) is 1. The average Bonchev–Trinajstić information content (AvgIpc) is 3.26. The zero-order chi connectivity index (χ0) is 15.8. The number of carbonyl (C=O) groups excluding carboxylic acids is 1. The van der Waals surface area contributed by atoms with Crippen molar-refractivity contribution in [3.63, 3.8) is 0 Å². The molecule has 1 aromatic carbocycles. The van der Waals surface area contributed by atoms with Crippen molar-refractivity contribution in [1.82, 2.24) is 5.32 Å². The highest BCUT2D eigenvalue weighted by atomic mass is 16.5. The molecule has 3 fully saturated rings. The Balaban J connectivity index is 1.27. The zero-order valence-electron chi connectivity index (χ0n) is 14.0. The summed E-state index contributed by atoms with van der Waals surface area (Å²) >= 11 is 0. The largest absolute Gasteiger partial charge is 0.497 e. The van der Waals surface area contributed by atoms with Gasteiger partial charge in [0.2, 0.25) is 5.91 Å². The first kappa shape index (κ1) is 15.0. The lowest BCUT2D eigenvalue weighted by atomic mass is 9.79. The predicted molar refractivity (Wildman–Crippen MR) is 90.3 cm³/mol. The maximum atomic E-state index is 12.3. The Morgan fingerprint density at radius 3 is 2.70 bits per heavy atom. The summed E-state index contributed by atoms with van der Waals surface area (Å²) in [5.74, 6) is 4.68. The van der Waals surface area contributed by atoms with E-state index in [9.17, 15) is 4.79 Å². The normalized spacial score (nSPS) is 34.4. The van der Waals surface area contributed by atoms with E-state index in [-0.39, 0.29) is 5.91 Å². The number of methoxy groups -OCH3 is 1. The maximum Gasteiger partial charge on any atom is 0.220 e. The van der Waals surface area contributed by atoms with Crippen molar-refractivity contribution in [3.8, 4) is 5.75 Å². The van der Waals surface area contributed by atoms with Gasteiger partial charge in [-0.25, -0.2) is 0 Å². The zero-order valence-corrected chi connectivity index (χ0v) is 14.0. The fourth-order valence-corrected chi connectivity index (χ4v) is 5.56. The van der Waals surface area contributed by atoms with Gasteiger partial charge in [0.1, 0.15) is 5.75 Å². The molecule has 1 aromatic rings. The van der Waals surface area contributed by atoms with Crippen molar-refractivity contribution in [3.05, 3.63) is 29.8 Å². The molecule has 0 saturated heterocycles. The van der Waals surface area contributed by atoms with E-state index in [0.717, 1.165) is 35.8 Å². The Labute approximate surface area is 138 Å². The van der Waals surface area contributed by atoms with E-state index in [2.05, 4.69) is 5.32 Å². The number of benzene rings is 1. The van der Waals surface area contributed by atoms with E-state index in [0.29, 0.717) is 12.5 Å². The van der Waals surface area contributed by atoms with Gasteiger partial charge in [-0.3, -0.25) is 4.79 Å². The van der Waals surface area contributed by atoms with Crippen LogP contribution in [-0.2, 0) is 11.2 Å². The first-order valence-electron chi connectivity index (χ1n) is 9.17. The molecular formula is C20H27NO2. The van der Waals surface area contributed by atoms with Crippen LogP contribution in [0.5, 0.6) is 5.75 Å². The third-order valence-electron chi connectivity index (χ3n) is 6.57. The van der Waals surface area contributed by atoms with Gasteiger partial charge in [0, 0.05) is 12.5 Å². The molecule has 0 aliphatic heterocycles. The molecule has 2 bridgehead atoms. The summed E-state index contributed by atoms with van der Waals surface area (Å²) in [5.41, 5.74) is 1.20. The molecule has 23 heavy (non-hydrogen) atoms. The minimum atomic E-state index is 0.230. The number of fused-ring (bicyclic) bond motifs is 5. The van der Waals surface area contributed by atoms with Crippen molar-refractivity contribution >= 4 is 5.91 Å². The number of nitrogens with one attached hydrogen (secondary N) is 1. The first-order valence-corrected chi connectivity index (χ1v) is 9.17. The summed E-state index contributed by atoms with van der Waals surface area (Å²) in [6, 6.07) is 8.48. The number of carbonyl (C=O) groups is 1. The van der Waals surface area contributed by atoms with Gasteiger partial charge in [-0.05, 0) is 73.5 Å². The lowest BCUT2D eigenvalue weighted by molar-refractivity contribution is -0.122. The standard InChI is InChI=1S/C20H27NO2/c1-23-15-8-5-13(6-9-15)7-10-20(22)21-19-12-14-11-18(19)17-4-2-3-16(14)17/h5-6,8-9,14,16-19H,2-4,7,10-12H2,1H3,(H,21,22). The van der Waals surface area contributed by atoms with Gasteiger partial charge in [-0.2, -0.15) is 0 Å². The molecule has 3 saturated carbocycles. The number of amides is 1. The predicted octanol–water partition coefficient (Wildman–Crippen LogP) is 3.57. The molecule has 3 aliphatic rings. The SMILES string of the molecule is COc1ccc(CCC(=O)NC2CC3CC2C2CCCC32)cc1. The van der Waals surface area contributed by atoms with Crippen LogP contribution in [0.2, 0.25) is 0 Å². The van der Waals surface area contributed by atoms with Gasteiger partial charge < -0.3 is 10.1 Å². The molecule has 124 valence electrons. The van der Waals surface area contributed by atoms with E-state index < -0.39 is 0 Å². The topological polar surface area (TPSA) is 38.3 Å². The summed E-state index contributed by atoms with van der Waals surface area (Å²) in [6.07, 6.45) is 8.28. The second-order valence-electron chi connectivity index (χ2n) is 7.68. The van der Waals surface area contributed by atoms with Crippen molar-refractivity contribution in [2.45, 2.75) is 51.0 Å². The van der Waals surface area contributed by atoms with Crippen LogP contribution in [0.1, 0.15) is 44.1 Å². The molecule has 3 heteroatoms. The molecule has 0 aromatic heterocycles. The van der Waals surface area contributed by atoms with Crippen LogP contribution in [0.3, 0.4) is 0 Å². The van der Waals surface area contributed by atoms with Crippen molar-refractivity contribution < 1.29 is 9.53 Å². The molecule has 5 unspecified atom stereocenters. The molecule has 3 aliphatic carbocycles. The fourth-order valence-electron chi connectivity index (χ4n) is 5.56. The smallest absolute Gasteiger partial charge is 0.220 e. The van der Waals surface area contributed by atoms with Crippen molar-refractivity contribution in [2.75, 3.05) is 7.11 Å². The van der Waals surface area contributed by atoms with E-state index >= 15 is 0 Å². The fraction of sp³-hybridized carbons (Fsp3) is 0.650. The van der Waals surface area contributed by atoms with Crippen LogP contribution in [0.25, 0.3) is 0 Å². The number of aryl methyl sites for hydroxylation is 1. The second-order valence-corrected chi connectivity index (χ2v) is 7.68. The Bertz CT molecular complexity index is 568. The summed E-state index contributed by atoms with van der Waals surface area (Å²) in [6.45, 7) is 0. The minimum absolute atomic E-state index is 0.230. The molecule has 0 spiro atoms. The minimum Gasteiger partial charge on any atom is -0.497 e. The van der Waals surface area contributed by atoms with Crippen molar-refractivity contribution in [1.29, 1.82) is 0 Å². The van der Waals surface area contributed by atoms with Gasteiger partial charge in [0.05, 0.1) is 7.11 Å². The highest BCUT2D eigenvalue weighted by molar-refractivity contribution is 5.76. The van der Waals surface area contributed by atoms with Gasteiger partial charge in [-0.1, -0.05) is 18.6 Å². The second kappa shape index (κ2) is 6.18. The summed E-state index contributed by atoms with van der Waals surface area (Å²) in [7, 11) is 1.67. The van der Waals surface area contributed by atoms with Crippen LogP contribution < -0.4 is 10.1 Å². The lowest BCUT2D eigenvalue weighted by Crippen LogP contribution is -2.42. The number of ether oxygens (including phenoxy) is 1. The maximum absolute atomic E-state index is 12.3. The quantitative estimate of drug-likeness (QED) is 0.902. The van der Waals surface area contributed by atoms with Crippen LogP contribution in [-0.4, -0.2) is 19.1 Å². The Morgan fingerprint density at radius 2 is 1.91 bits per heavy atom. The lowest BCUT2D eigenvalue weighted by Gasteiger charge is -2.32. The highest BCUT2D eigenvalue weighted by Crippen LogP contribution is 2.58. The van der Waals surface area contributed by atoms with Crippen LogP contribution in [0.15, 0.2) is 24.3 Å². The summed E-state index contributed by atoms with van der Waals surface area (Å²) < 4.78 is 5.17. The van der Waals surface area contributed by atoms with Gasteiger partial charge in [0.15, 0.2) is 0 Å². The van der Waals surface area contributed by atoms with E-state index in [1.54, 1.807) is 7.11 Å². The van der Waals surface area contributed by atoms with Gasteiger partial charge in [0.25, 0.3) is 0 Å². The monoisotopic (exact) mass is 313 g/mol. The van der Waals surface area contributed by atoms with E-state index in [1.807, 2.05) is 24.3 Å². The number of hydrogen-bond acceptors (Lipinski definition) is 2. The third-order valence-corrected chi connectivity index (χ3v) is 6.57. The molecule has 5 atom stereocenters. The van der Waals surface area contributed by atoms with E-state index in [1.165, 1.54) is 37.7 Å². The third kappa shape index (κ3) is 2.86. The first-order chi connectivity index (χ1) is 11.2. The molecule has 0 heterocycles. The molecule has 1 N–H and O–H groups in total. The van der Waals surface area contributed by atoms with Gasteiger partial charge in [-0.15, -0.1) is 0 Å². The highest BCUT2D eigenvalue weighted by Gasteiger charge is 2.53. The average molecular weight is 313 g/mol. The molecule has 4 rings (SSSR count). The van der Waals surface area contributed by atoms with Crippen LogP contribution in [0, 0.1) is 23.7 Å². The Hall–Kier alpha value is -1.51. The Morgan fingerprint density at radius 1 is 1.13 bits per heavy atom. The van der Waals surface area contributed by atoms with Crippen LogP contribution >= 0.6 is 0 Å². The Kier molecular flexibility index (Phi) is 4.04. The molecule has 0 radical (unpaired) electrons. The molecular weight excluding hydrogens is 286 g/mol. The van der Waals surface area contributed by atoms with Gasteiger partial charge >= 0.3 is 0 Å². The summed E-state index contributed by atoms with van der Waals surface area (Å²) in [4.78, 5) is 12.3. The van der Waals surface area contributed by atoms with Crippen molar-refractivity contribution in [2.24, 2.45) is 23.7 Å². The number of rotatable bonds is 5. The van der Waals surface area contributed by atoms with E-state index in [4.69, 9.17) is 4.74 Å². The molecule has 1 amide bonds. The van der Waals surface area contributed by atoms with Crippen LogP contribution in [0.4, 0.5) is 0 Å². The summed E-state index contributed by atoms with van der Waals surface area (Å²) in [5, 5.41) is 3.35.